The molecule has 0 aliphatic carbocycles. The molecule has 0 bridgehead atoms. The quantitative estimate of drug-likeness (QED) is 0.784. The van der Waals surface area contributed by atoms with E-state index < -0.39 is 15.3 Å². The fourth-order valence-corrected chi connectivity index (χ4v) is 6.26. The molecule has 2 fully saturated rings. The van der Waals surface area contributed by atoms with Gasteiger partial charge < -0.3 is 4.74 Å². The Morgan fingerprint density at radius 1 is 1.36 bits per heavy atom. The number of rotatable bonds is 3. The second-order valence-electron chi connectivity index (χ2n) is 6.42. The Morgan fingerprint density at radius 2 is 2.05 bits per heavy atom. The van der Waals surface area contributed by atoms with Crippen molar-refractivity contribution in [1.29, 1.82) is 0 Å². The van der Waals surface area contributed by atoms with Crippen molar-refractivity contribution in [3.8, 4) is 0 Å². The molecule has 2 heterocycles. The molecular formula is C16H21NO4S. The van der Waals surface area contributed by atoms with E-state index in [9.17, 15) is 13.2 Å². The molecule has 0 unspecified atom stereocenters. The van der Waals surface area contributed by atoms with Crippen LogP contribution in [0.3, 0.4) is 0 Å². The number of sulfone groups is 1. The number of ether oxygens (including phenoxy) is 1. The van der Waals surface area contributed by atoms with Crippen molar-refractivity contribution < 1.29 is 17.9 Å². The molecule has 3 rings (SSSR count). The first-order valence-electron chi connectivity index (χ1n) is 7.46. The van der Waals surface area contributed by atoms with Crippen molar-refractivity contribution in [2.45, 2.75) is 13.0 Å². The molecule has 5 nitrogen and oxygen atoms in total. The molecule has 0 N–H and O–H groups in total. The van der Waals surface area contributed by atoms with Gasteiger partial charge in [0.1, 0.15) is 0 Å². The van der Waals surface area contributed by atoms with Gasteiger partial charge in [-0.05, 0) is 12.5 Å². The predicted molar refractivity (Wildman–Crippen MR) is 83.0 cm³/mol. The van der Waals surface area contributed by atoms with Gasteiger partial charge in [-0.15, -0.1) is 0 Å². The first kappa shape index (κ1) is 15.5. The highest BCUT2D eigenvalue weighted by atomic mass is 32.2. The maximum absolute atomic E-state index is 12.3. The molecule has 0 saturated carbocycles. The second-order valence-corrected chi connectivity index (χ2v) is 8.52. The lowest BCUT2D eigenvalue weighted by molar-refractivity contribution is -0.152. The summed E-state index contributed by atoms with van der Waals surface area (Å²) >= 11 is 0. The summed E-state index contributed by atoms with van der Waals surface area (Å²) in [6.45, 7) is 3.15. The summed E-state index contributed by atoms with van der Waals surface area (Å²) < 4.78 is 28.9. The van der Waals surface area contributed by atoms with Crippen molar-refractivity contribution in [3.05, 3.63) is 35.9 Å². The summed E-state index contributed by atoms with van der Waals surface area (Å²) in [6, 6.07) is 10.2. The van der Waals surface area contributed by atoms with Gasteiger partial charge in [0, 0.05) is 25.0 Å². The van der Waals surface area contributed by atoms with Gasteiger partial charge in [0.25, 0.3) is 0 Å². The van der Waals surface area contributed by atoms with Crippen LogP contribution in [0.5, 0.6) is 0 Å². The minimum atomic E-state index is -3.16. The Hall–Kier alpha value is -1.40. The molecule has 0 amide bonds. The molecule has 1 aromatic rings. The highest BCUT2D eigenvalue weighted by Gasteiger charge is 2.61. The zero-order valence-corrected chi connectivity index (χ0v) is 13.7. The summed E-state index contributed by atoms with van der Waals surface area (Å²) in [6.07, 6.45) is 0. The maximum atomic E-state index is 12.3. The third-order valence-electron chi connectivity index (χ3n) is 5.08. The standard InChI is InChI=1S/C16H21NO4S/c1-12(13-6-4-3-5-7-13)17-8-14-9-22(19,20)11-16(14,10-17)15(18)21-2/h3-7,12,14H,8-11H2,1-2H3/t12-,14+,16+/m1/s1. The molecule has 0 spiro atoms. The average Bonchev–Trinajstić information content (AvgIpc) is 2.96. The van der Waals surface area contributed by atoms with Crippen LogP contribution in [0, 0.1) is 11.3 Å². The number of nitrogens with zero attached hydrogens (tertiary/aromatic N) is 1. The van der Waals surface area contributed by atoms with Crippen LogP contribution in [-0.4, -0.2) is 51.0 Å². The van der Waals surface area contributed by atoms with E-state index in [1.165, 1.54) is 12.7 Å². The van der Waals surface area contributed by atoms with Gasteiger partial charge in [-0.2, -0.15) is 0 Å². The molecule has 1 aromatic carbocycles. The molecule has 0 radical (unpaired) electrons. The zero-order chi connectivity index (χ0) is 16.0. The van der Waals surface area contributed by atoms with Crippen molar-refractivity contribution in [2.24, 2.45) is 11.3 Å². The van der Waals surface area contributed by atoms with E-state index in [4.69, 9.17) is 4.74 Å². The van der Waals surface area contributed by atoms with Gasteiger partial charge in [0.15, 0.2) is 9.84 Å². The molecular weight excluding hydrogens is 302 g/mol. The summed E-state index contributed by atoms with van der Waals surface area (Å²) in [7, 11) is -1.82. The number of benzene rings is 1. The number of hydrogen-bond donors (Lipinski definition) is 0. The number of hydrogen-bond acceptors (Lipinski definition) is 5. The van der Waals surface area contributed by atoms with Crippen LogP contribution < -0.4 is 0 Å². The maximum Gasteiger partial charge on any atom is 0.314 e. The van der Waals surface area contributed by atoms with E-state index in [0.717, 1.165) is 0 Å². The number of fused-ring (bicyclic) bond motifs is 1. The largest absolute Gasteiger partial charge is 0.469 e. The van der Waals surface area contributed by atoms with E-state index in [1.807, 2.05) is 18.2 Å². The van der Waals surface area contributed by atoms with Gasteiger partial charge >= 0.3 is 5.97 Å². The van der Waals surface area contributed by atoms with E-state index in [1.54, 1.807) is 0 Å². The van der Waals surface area contributed by atoms with Crippen LogP contribution in [0.1, 0.15) is 18.5 Å². The van der Waals surface area contributed by atoms with Crippen molar-refractivity contribution in [1.82, 2.24) is 4.90 Å². The molecule has 0 aromatic heterocycles. The number of likely N-dealkylation sites (tertiary alicyclic amines) is 1. The second kappa shape index (κ2) is 5.35. The number of carbonyl (C=O) groups is 1. The lowest BCUT2D eigenvalue weighted by Gasteiger charge is -2.28. The highest BCUT2D eigenvalue weighted by molar-refractivity contribution is 7.91. The van der Waals surface area contributed by atoms with Gasteiger partial charge in [0.2, 0.25) is 0 Å². The van der Waals surface area contributed by atoms with Crippen LogP contribution >= 0.6 is 0 Å². The van der Waals surface area contributed by atoms with Crippen LogP contribution in [-0.2, 0) is 19.4 Å². The minimum absolute atomic E-state index is 0.0834. The Labute approximate surface area is 131 Å². The van der Waals surface area contributed by atoms with E-state index in [-0.39, 0.29) is 29.4 Å². The smallest absolute Gasteiger partial charge is 0.314 e. The van der Waals surface area contributed by atoms with Crippen LogP contribution in [0.25, 0.3) is 0 Å². The van der Waals surface area contributed by atoms with Gasteiger partial charge in [0.05, 0.1) is 24.0 Å². The topological polar surface area (TPSA) is 63.7 Å². The van der Waals surface area contributed by atoms with Crippen molar-refractivity contribution in [3.63, 3.8) is 0 Å². The highest BCUT2D eigenvalue weighted by Crippen LogP contribution is 2.47. The molecule has 2 aliphatic rings. The predicted octanol–water partition coefficient (Wildman–Crippen LogP) is 1.27. The Kier molecular flexibility index (Phi) is 3.77. The first-order valence-corrected chi connectivity index (χ1v) is 9.28. The molecule has 2 aliphatic heterocycles. The molecule has 22 heavy (non-hydrogen) atoms. The molecule has 120 valence electrons. The number of carbonyl (C=O) groups excluding carboxylic acids is 1. The summed E-state index contributed by atoms with van der Waals surface area (Å²) in [5.74, 6) is -0.562. The van der Waals surface area contributed by atoms with Gasteiger partial charge in [-0.25, -0.2) is 8.42 Å². The SMILES string of the molecule is COC(=O)[C@]12CN([C@H](C)c3ccccc3)C[C@H]1CS(=O)(=O)C2. The Morgan fingerprint density at radius 3 is 2.68 bits per heavy atom. The lowest BCUT2D eigenvalue weighted by Crippen LogP contribution is -2.40. The normalized spacial score (nSPS) is 31.6. The van der Waals surface area contributed by atoms with Gasteiger partial charge in [-0.3, -0.25) is 9.69 Å². The fraction of sp³-hybridized carbons (Fsp3) is 0.562. The molecule has 3 atom stereocenters. The monoisotopic (exact) mass is 323 g/mol. The molecule has 6 heteroatoms. The lowest BCUT2D eigenvalue weighted by atomic mass is 9.81. The van der Waals surface area contributed by atoms with E-state index >= 15 is 0 Å². The first-order chi connectivity index (χ1) is 10.4. The number of methoxy groups -OCH3 is 1. The zero-order valence-electron chi connectivity index (χ0n) is 12.9. The summed E-state index contributed by atoms with van der Waals surface area (Å²) in [4.78, 5) is 14.5. The van der Waals surface area contributed by atoms with Crippen molar-refractivity contribution in [2.75, 3.05) is 31.7 Å². The number of esters is 1. The van der Waals surface area contributed by atoms with Crippen LogP contribution in [0.15, 0.2) is 30.3 Å². The van der Waals surface area contributed by atoms with E-state index in [0.29, 0.717) is 13.1 Å². The Bertz CT molecular complexity index is 673. The third kappa shape index (κ3) is 2.44. The summed E-state index contributed by atoms with van der Waals surface area (Å²) in [5, 5.41) is 0. The van der Waals surface area contributed by atoms with Crippen LogP contribution in [0.4, 0.5) is 0 Å². The summed E-state index contributed by atoms with van der Waals surface area (Å²) in [5.41, 5.74) is 0.279. The molecule has 2 saturated heterocycles. The van der Waals surface area contributed by atoms with E-state index in [2.05, 4.69) is 24.0 Å². The average molecular weight is 323 g/mol. The fourth-order valence-electron chi connectivity index (χ4n) is 3.88. The third-order valence-corrected chi connectivity index (χ3v) is 6.94. The van der Waals surface area contributed by atoms with Gasteiger partial charge in [-0.1, -0.05) is 30.3 Å². The Balaban J connectivity index is 1.88. The minimum Gasteiger partial charge on any atom is -0.469 e. The van der Waals surface area contributed by atoms with Crippen LogP contribution in [0.2, 0.25) is 0 Å². The van der Waals surface area contributed by atoms with Crippen molar-refractivity contribution >= 4 is 15.8 Å².